The summed E-state index contributed by atoms with van der Waals surface area (Å²) < 4.78 is 39.7. The zero-order valence-corrected chi connectivity index (χ0v) is 22.8. The molecule has 192 valence electrons. The Morgan fingerprint density at radius 2 is 1.72 bits per heavy atom. The molecule has 7 nitrogen and oxygen atoms in total. The summed E-state index contributed by atoms with van der Waals surface area (Å²) >= 11 is 1.64. The summed E-state index contributed by atoms with van der Waals surface area (Å²) in [5.74, 6) is 0.387. The molecule has 3 aromatic carbocycles. The zero-order valence-electron chi connectivity index (χ0n) is 21.1. The first-order valence-corrected chi connectivity index (χ1v) is 14.2. The van der Waals surface area contributed by atoms with Crippen LogP contribution < -0.4 is 19.1 Å². The molecule has 3 rings (SSSR count). The van der Waals surface area contributed by atoms with Gasteiger partial charge in [-0.3, -0.25) is 9.10 Å². The van der Waals surface area contributed by atoms with Crippen molar-refractivity contribution in [1.82, 2.24) is 5.32 Å². The average Bonchev–Trinajstić information content (AvgIpc) is 2.88. The highest BCUT2D eigenvalue weighted by molar-refractivity contribution is 7.98. The molecule has 0 spiro atoms. The molecule has 0 bridgehead atoms. The number of ether oxygens (including phenoxy) is 2. The van der Waals surface area contributed by atoms with Gasteiger partial charge in [-0.1, -0.05) is 18.2 Å². The van der Waals surface area contributed by atoms with Crippen molar-refractivity contribution in [3.05, 3.63) is 77.9 Å². The average molecular weight is 529 g/mol. The molecule has 0 aliphatic rings. The van der Waals surface area contributed by atoms with E-state index >= 15 is 0 Å². The van der Waals surface area contributed by atoms with Crippen LogP contribution in [0.1, 0.15) is 31.0 Å². The minimum Gasteiger partial charge on any atom is -0.495 e. The molecule has 0 aromatic heterocycles. The molecule has 1 atom stereocenters. The monoisotopic (exact) mass is 528 g/mol. The summed E-state index contributed by atoms with van der Waals surface area (Å²) in [7, 11) is -2.73. The van der Waals surface area contributed by atoms with E-state index in [-0.39, 0.29) is 16.7 Å². The molecule has 0 radical (unpaired) electrons. The van der Waals surface area contributed by atoms with Crippen molar-refractivity contribution in [3.8, 4) is 11.5 Å². The summed E-state index contributed by atoms with van der Waals surface area (Å²) in [6.07, 6.45) is 2.00. The van der Waals surface area contributed by atoms with Crippen molar-refractivity contribution in [2.45, 2.75) is 36.6 Å². The number of thioether (sulfide) groups is 1. The van der Waals surface area contributed by atoms with Gasteiger partial charge in [0.05, 0.1) is 25.4 Å². The van der Waals surface area contributed by atoms with Crippen LogP contribution in [0.2, 0.25) is 0 Å². The number of aryl methyl sites for hydroxylation is 1. The van der Waals surface area contributed by atoms with Gasteiger partial charge in [0.1, 0.15) is 22.9 Å². The molecule has 0 saturated carbocycles. The second kappa shape index (κ2) is 12.2. The van der Waals surface area contributed by atoms with Crippen LogP contribution in [0.15, 0.2) is 76.5 Å². The van der Waals surface area contributed by atoms with E-state index in [2.05, 4.69) is 5.32 Å². The fraction of sp³-hybridized carbons (Fsp3) is 0.296. The Balaban J connectivity index is 1.94. The molecule has 36 heavy (non-hydrogen) atoms. The van der Waals surface area contributed by atoms with Crippen molar-refractivity contribution in [1.29, 1.82) is 0 Å². The Morgan fingerprint density at radius 3 is 2.31 bits per heavy atom. The number of hydrogen-bond acceptors (Lipinski definition) is 6. The standard InChI is InChI=1S/C27H32N2O5S2/c1-6-34-23-12-10-22(11-13-23)29(36(31,32)26-17-19(2)7-16-25(26)33-4)18-27(30)28-20(3)21-8-14-24(35-5)15-9-21/h7-17,20H,6,18H2,1-5H3,(H,28,30)/t20-/m0/s1. The lowest BCUT2D eigenvalue weighted by Crippen LogP contribution is -2.41. The number of rotatable bonds is 11. The maximum Gasteiger partial charge on any atom is 0.268 e. The van der Waals surface area contributed by atoms with Gasteiger partial charge in [-0.2, -0.15) is 0 Å². The van der Waals surface area contributed by atoms with Gasteiger partial charge in [0.25, 0.3) is 10.0 Å². The lowest BCUT2D eigenvalue weighted by Gasteiger charge is -2.26. The van der Waals surface area contributed by atoms with E-state index in [4.69, 9.17) is 9.47 Å². The first kappa shape index (κ1) is 27.4. The lowest BCUT2D eigenvalue weighted by molar-refractivity contribution is -0.120. The topological polar surface area (TPSA) is 84.9 Å². The number of methoxy groups -OCH3 is 1. The van der Waals surface area contributed by atoms with Crippen LogP contribution in [0, 0.1) is 6.92 Å². The van der Waals surface area contributed by atoms with Gasteiger partial charge in [0, 0.05) is 4.90 Å². The third kappa shape index (κ3) is 6.53. The number of sulfonamides is 1. The maximum absolute atomic E-state index is 13.9. The number of carbonyl (C=O) groups is 1. The Labute approximate surface area is 217 Å². The smallest absolute Gasteiger partial charge is 0.268 e. The molecule has 0 aliphatic carbocycles. The van der Waals surface area contributed by atoms with Crippen LogP contribution in [0.3, 0.4) is 0 Å². The highest BCUT2D eigenvalue weighted by Gasteiger charge is 2.30. The molecule has 0 fully saturated rings. The molecule has 1 amide bonds. The van der Waals surface area contributed by atoms with E-state index in [1.54, 1.807) is 61.2 Å². The third-order valence-corrected chi connectivity index (χ3v) is 8.14. The Hall–Kier alpha value is -3.17. The van der Waals surface area contributed by atoms with Gasteiger partial charge in [0.2, 0.25) is 5.91 Å². The summed E-state index contributed by atoms with van der Waals surface area (Å²) in [6, 6.07) is 19.1. The van der Waals surface area contributed by atoms with E-state index in [1.807, 2.05) is 44.4 Å². The molecule has 0 unspecified atom stereocenters. The maximum atomic E-state index is 13.9. The predicted molar refractivity (Wildman–Crippen MR) is 145 cm³/mol. The number of hydrogen-bond donors (Lipinski definition) is 1. The SMILES string of the molecule is CCOc1ccc(N(CC(=O)N[C@@H](C)c2ccc(SC)cc2)S(=O)(=O)c2cc(C)ccc2OC)cc1. The summed E-state index contributed by atoms with van der Waals surface area (Å²) in [5.41, 5.74) is 2.03. The number of carbonyl (C=O) groups excluding carboxylic acids is 1. The van der Waals surface area contributed by atoms with Crippen LogP contribution in [0.5, 0.6) is 11.5 Å². The molecular formula is C27H32N2O5S2. The fourth-order valence-electron chi connectivity index (χ4n) is 3.69. The molecule has 0 saturated heterocycles. The highest BCUT2D eigenvalue weighted by Crippen LogP contribution is 2.31. The van der Waals surface area contributed by atoms with Crippen molar-refractivity contribution >= 4 is 33.4 Å². The van der Waals surface area contributed by atoms with Crippen molar-refractivity contribution in [2.24, 2.45) is 0 Å². The predicted octanol–water partition coefficient (Wildman–Crippen LogP) is 5.20. The number of anilines is 1. The van der Waals surface area contributed by atoms with Gasteiger partial charge in [0.15, 0.2) is 0 Å². The third-order valence-electron chi connectivity index (χ3n) is 5.60. The molecular weight excluding hydrogens is 496 g/mol. The second-order valence-electron chi connectivity index (χ2n) is 8.16. The number of amides is 1. The minimum atomic E-state index is -4.15. The van der Waals surface area contributed by atoms with E-state index in [9.17, 15) is 13.2 Å². The van der Waals surface area contributed by atoms with Gasteiger partial charge < -0.3 is 14.8 Å². The van der Waals surface area contributed by atoms with Crippen molar-refractivity contribution in [2.75, 3.05) is 30.8 Å². The van der Waals surface area contributed by atoms with E-state index in [0.717, 1.165) is 20.3 Å². The first-order chi connectivity index (χ1) is 17.2. The Kier molecular flexibility index (Phi) is 9.28. The van der Waals surface area contributed by atoms with Gasteiger partial charge in [-0.15, -0.1) is 11.8 Å². The second-order valence-corrected chi connectivity index (χ2v) is 10.9. The normalized spacial score (nSPS) is 12.0. The molecule has 1 N–H and O–H groups in total. The first-order valence-electron chi connectivity index (χ1n) is 11.5. The van der Waals surface area contributed by atoms with Gasteiger partial charge >= 0.3 is 0 Å². The van der Waals surface area contributed by atoms with E-state index < -0.39 is 22.5 Å². The van der Waals surface area contributed by atoms with Crippen LogP contribution in [-0.2, 0) is 14.8 Å². The van der Waals surface area contributed by atoms with Crippen LogP contribution in [0.25, 0.3) is 0 Å². The number of nitrogens with zero attached hydrogens (tertiary/aromatic N) is 1. The van der Waals surface area contributed by atoms with Crippen LogP contribution in [-0.4, -0.2) is 40.8 Å². The van der Waals surface area contributed by atoms with Gasteiger partial charge in [-0.05, 0) is 86.7 Å². The summed E-state index contributed by atoms with van der Waals surface area (Å²) in [6.45, 7) is 5.62. The fourth-order valence-corrected chi connectivity index (χ4v) is 5.76. The van der Waals surface area contributed by atoms with Gasteiger partial charge in [-0.25, -0.2) is 8.42 Å². The summed E-state index contributed by atoms with van der Waals surface area (Å²) in [4.78, 5) is 14.2. The largest absolute Gasteiger partial charge is 0.495 e. The highest BCUT2D eigenvalue weighted by atomic mass is 32.2. The van der Waals surface area contributed by atoms with Crippen LogP contribution >= 0.6 is 11.8 Å². The van der Waals surface area contributed by atoms with Crippen molar-refractivity contribution < 1.29 is 22.7 Å². The summed E-state index contributed by atoms with van der Waals surface area (Å²) in [5, 5.41) is 2.92. The number of benzene rings is 3. The Bertz CT molecular complexity index is 1280. The van der Waals surface area contributed by atoms with Crippen LogP contribution in [0.4, 0.5) is 5.69 Å². The molecule has 0 heterocycles. The number of nitrogens with one attached hydrogen (secondary N) is 1. The molecule has 3 aromatic rings. The lowest BCUT2D eigenvalue weighted by atomic mass is 10.1. The minimum absolute atomic E-state index is 0.00705. The van der Waals surface area contributed by atoms with E-state index in [1.165, 1.54) is 7.11 Å². The van der Waals surface area contributed by atoms with E-state index in [0.29, 0.717) is 18.0 Å². The quantitative estimate of drug-likeness (QED) is 0.345. The molecule has 9 heteroatoms. The van der Waals surface area contributed by atoms with Crippen molar-refractivity contribution in [3.63, 3.8) is 0 Å². The molecule has 0 aliphatic heterocycles. The Morgan fingerprint density at radius 1 is 1.06 bits per heavy atom. The zero-order chi connectivity index (χ0) is 26.3.